The summed E-state index contributed by atoms with van der Waals surface area (Å²) >= 11 is 0. The summed E-state index contributed by atoms with van der Waals surface area (Å²) in [6.07, 6.45) is 7.90. The van der Waals surface area contributed by atoms with Crippen molar-refractivity contribution in [3.8, 4) is 0 Å². The summed E-state index contributed by atoms with van der Waals surface area (Å²) in [6.45, 7) is 0. The van der Waals surface area contributed by atoms with Crippen molar-refractivity contribution in [2.45, 2.75) is 30.6 Å². The Morgan fingerprint density at radius 1 is 0.425 bits per heavy atom. The van der Waals surface area contributed by atoms with E-state index in [0.717, 1.165) is 0 Å². The second-order valence-electron chi connectivity index (χ2n) is 14.4. The molecule has 0 heterocycles. The van der Waals surface area contributed by atoms with E-state index in [1.165, 1.54) is 39.8 Å². The summed E-state index contributed by atoms with van der Waals surface area (Å²) in [7, 11) is 0. The van der Waals surface area contributed by atoms with Crippen LogP contribution in [0.2, 0.25) is 0 Å². The van der Waals surface area contributed by atoms with Crippen molar-refractivity contribution in [2.24, 2.45) is 5.92 Å². The lowest BCUT2D eigenvalue weighted by atomic mass is 9.72. The molecule has 11 aromatic rings. The molecule has 0 heteroatoms. The largest absolute Gasteiger partial charge is 0.0792 e. The molecule has 11 aromatic carbocycles. The molecule has 4 atom stereocenters. The summed E-state index contributed by atoms with van der Waals surface area (Å²) in [5, 5.41) is 32.0. The van der Waals surface area contributed by atoms with Crippen LogP contribution < -0.4 is 0 Å². The van der Waals surface area contributed by atoms with Gasteiger partial charge >= 0.3 is 0 Å². The summed E-state index contributed by atoms with van der Waals surface area (Å²) in [4.78, 5) is 0. The highest BCUT2D eigenvalue weighted by molar-refractivity contribution is 6.63. The highest BCUT2D eigenvalue weighted by Gasteiger charge is 2.53. The van der Waals surface area contributed by atoms with Crippen LogP contribution >= 0.6 is 0 Å². The van der Waals surface area contributed by atoms with Crippen LogP contribution in [-0.2, 0) is 0 Å². The second-order valence-corrected chi connectivity index (χ2v) is 14.4. The van der Waals surface area contributed by atoms with E-state index < -0.39 is 0 Å². The summed E-state index contributed by atoms with van der Waals surface area (Å²) in [5.41, 5.74) is 10.3. The van der Waals surface area contributed by atoms with Gasteiger partial charge in [0.15, 0.2) is 0 Å². The van der Waals surface area contributed by atoms with Crippen LogP contribution in [0.4, 0.5) is 0 Å². The summed E-state index contributed by atoms with van der Waals surface area (Å²) in [6, 6.07) is 15.0. The number of benzene rings is 7. The number of hydrogen-bond donors (Lipinski definition) is 0. The standard InChI is InChI=1S/C40H16/c1-2-12-14-5-6-16-18-9-10-20-19-8-7-17-15-4-3-13-11(1)21-22(12)32-24(14)26(16)34-29(18)30(20)35-28(19)27(17)33-25(15)23(13)31(21)36-37(32)39(34)40(35)38(33)36/h1-8,16,18,20,26H,9-10H2. The van der Waals surface area contributed by atoms with Crippen molar-refractivity contribution < 1.29 is 0 Å². The van der Waals surface area contributed by atoms with E-state index >= 15 is 0 Å². The lowest BCUT2D eigenvalue weighted by Crippen LogP contribution is -2.18. The third-order valence-electron chi connectivity index (χ3n) is 13.8. The molecule has 16 rings (SSSR count). The smallest absolute Gasteiger partial charge is 0.0180 e. The number of hydrogen-bond acceptors (Lipinski definition) is 0. The van der Waals surface area contributed by atoms with Crippen LogP contribution in [-0.4, -0.2) is 0 Å². The van der Waals surface area contributed by atoms with Crippen LogP contribution in [0.5, 0.6) is 0 Å². The van der Waals surface area contributed by atoms with E-state index in [1.54, 1.807) is 109 Å². The van der Waals surface area contributed by atoms with Gasteiger partial charge in [0.2, 0.25) is 0 Å². The molecule has 5 aliphatic carbocycles. The van der Waals surface area contributed by atoms with Gasteiger partial charge in [-0.05, 0) is 166 Å². The molecule has 0 N–H and O–H groups in total. The molecule has 0 amide bonds. The summed E-state index contributed by atoms with van der Waals surface area (Å²) in [5.74, 6) is 2.47. The first-order valence-corrected chi connectivity index (χ1v) is 15.4. The van der Waals surface area contributed by atoms with Gasteiger partial charge in [-0.1, -0.05) is 48.6 Å². The monoisotopic (exact) mass is 496 g/mol. The molecule has 40 heavy (non-hydrogen) atoms. The average Bonchev–Trinajstić information content (AvgIpc) is 3.79. The van der Waals surface area contributed by atoms with E-state index in [0.29, 0.717) is 23.7 Å². The Morgan fingerprint density at radius 3 is 1.73 bits per heavy atom. The Labute approximate surface area is 225 Å². The zero-order valence-electron chi connectivity index (χ0n) is 21.3. The fourth-order valence-corrected chi connectivity index (χ4v) is 13.1. The molecule has 4 unspecified atom stereocenters. The first-order chi connectivity index (χ1) is 19.9. The van der Waals surface area contributed by atoms with Gasteiger partial charge in [0.05, 0.1) is 0 Å². The normalized spacial score (nSPS) is 25.7. The molecule has 0 saturated carbocycles. The Balaban J connectivity index is 1.49. The molecule has 176 valence electrons. The molecule has 0 bridgehead atoms. The Morgan fingerprint density at radius 2 is 0.975 bits per heavy atom. The average molecular weight is 497 g/mol. The van der Waals surface area contributed by atoms with Crippen LogP contribution in [0.15, 0.2) is 42.5 Å². The zero-order chi connectivity index (χ0) is 24.4. The molecule has 0 aliphatic heterocycles. The minimum Gasteiger partial charge on any atom is -0.0792 e. The van der Waals surface area contributed by atoms with Crippen molar-refractivity contribution in [3.05, 3.63) is 75.9 Å². The Hall–Kier alpha value is -4.42. The minimum absolute atomic E-state index is 0.556. The predicted octanol–water partition coefficient (Wildman–Crippen LogP) is 10.7. The van der Waals surface area contributed by atoms with E-state index in [-0.39, 0.29) is 0 Å². The number of rotatable bonds is 0. The molecule has 0 nitrogen and oxygen atoms in total. The molecule has 0 fully saturated rings. The molecule has 5 aliphatic rings. The Kier molecular flexibility index (Phi) is 1.77. The number of fused-ring (bicyclic) bond motifs is 5. The van der Waals surface area contributed by atoms with E-state index in [4.69, 9.17) is 0 Å². The lowest BCUT2D eigenvalue weighted by molar-refractivity contribution is 0.438. The first kappa shape index (κ1) is 16.6. The molecular formula is C40H16. The van der Waals surface area contributed by atoms with Crippen LogP contribution in [0.1, 0.15) is 64.0 Å². The minimum atomic E-state index is 0.556. The first-order valence-electron chi connectivity index (χ1n) is 15.4. The maximum Gasteiger partial charge on any atom is 0.0180 e. The molecule has 0 saturated heterocycles. The lowest BCUT2D eigenvalue weighted by Gasteiger charge is -2.31. The van der Waals surface area contributed by atoms with Crippen molar-refractivity contribution in [1.82, 2.24) is 0 Å². The van der Waals surface area contributed by atoms with Crippen LogP contribution in [0.3, 0.4) is 0 Å². The topological polar surface area (TPSA) is 0 Å². The third kappa shape index (κ3) is 1.09. The maximum absolute atomic E-state index is 2.67. The van der Waals surface area contributed by atoms with Gasteiger partial charge in [0, 0.05) is 11.8 Å². The van der Waals surface area contributed by atoms with Crippen molar-refractivity contribution in [1.29, 1.82) is 0 Å². The fraction of sp³-hybridized carbons (Fsp3) is 0.150. The van der Waals surface area contributed by atoms with Crippen molar-refractivity contribution >= 4 is 114 Å². The van der Waals surface area contributed by atoms with Gasteiger partial charge in [-0.25, -0.2) is 0 Å². The SMILES string of the molecule is C1=CC2C3CCC4c5ccc6c7ccc8c9ccc%10c1c1c%11c%10c9c9c8c7c7c6c5c5c4c3c(c3c5c7c9c%113)C12. The Bertz CT molecular complexity index is 3150. The van der Waals surface area contributed by atoms with Gasteiger partial charge < -0.3 is 0 Å². The molecular weight excluding hydrogens is 480 g/mol. The highest BCUT2D eigenvalue weighted by atomic mass is 14.6. The fourth-order valence-electron chi connectivity index (χ4n) is 13.1. The quantitative estimate of drug-likeness (QED) is 0.183. The predicted molar refractivity (Wildman–Crippen MR) is 168 cm³/mol. The second kappa shape index (κ2) is 4.27. The van der Waals surface area contributed by atoms with Crippen LogP contribution in [0, 0.1) is 5.92 Å². The van der Waals surface area contributed by atoms with Gasteiger partial charge in [0.25, 0.3) is 0 Å². The van der Waals surface area contributed by atoms with E-state index in [2.05, 4.69) is 48.6 Å². The zero-order valence-corrected chi connectivity index (χ0v) is 21.3. The van der Waals surface area contributed by atoms with Crippen molar-refractivity contribution in [3.63, 3.8) is 0 Å². The summed E-state index contributed by atoms with van der Waals surface area (Å²) < 4.78 is 0. The van der Waals surface area contributed by atoms with Gasteiger partial charge in [-0.2, -0.15) is 0 Å². The van der Waals surface area contributed by atoms with Gasteiger partial charge in [0.1, 0.15) is 0 Å². The van der Waals surface area contributed by atoms with Crippen LogP contribution in [0.25, 0.3) is 114 Å². The molecule has 0 radical (unpaired) electrons. The molecule has 0 spiro atoms. The maximum atomic E-state index is 2.67. The third-order valence-corrected chi connectivity index (χ3v) is 13.8. The van der Waals surface area contributed by atoms with Crippen molar-refractivity contribution in [2.75, 3.05) is 0 Å². The van der Waals surface area contributed by atoms with Gasteiger partial charge in [-0.15, -0.1) is 0 Å². The van der Waals surface area contributed by atoms with E-state index in [1.807, 2.05) is 5.56 Å². The number of allylic oxidation sites excluding steroid dienone is 1. The molecule has 0 aromatic heterocycles. The van der Waals surface area contributed by atoms with E-state index in [9.17, 15) is 0 Å². The highest BCUT2D eigenvalue weighted by Crippen LogP contribution is 2.73. The van der Waals surface area contributed by atoms with Gasteiger partial charge in [-0.3, -0.25) is 0 Å².